The van der Waals surface area contributed by atoms with Gasteiger partial charge >= 0.3 is 0 Å². The Bertz CT molecular complexity index is 617. The molecule has 0 fully saturated rings. The molecule has 0 aliphatic heterocycles. The minimum absolute atomic E-state index is 0.520. The van der Waals surface area contributed by atoms with Crippen LogP contribution in [-0.2, 0) is 28.4 Å². The Morgan fingerprint density at radius 1 is 0.588 bits per heavy atom. The van der Waals surface area contributed by atoms with Crippen LogP contribution in [0.4, 0.5) is 0 Å². The second-order valence-electron chi connectivity index (χ2n) is 8.08. The number of hydrogen-bond donors (Lipinski definition) is 0. The van der Waals surface area contributed by atoms with Crippen molar-refractivity contribution in [2.75, 3.05) is 66.1 Å². The molecule has 0 heterocycles. The lowest BCUT2D eigenvalue weighted by Gasteiger charge is -2.09. The van der Waals surface area contributed by atoms with Crippen LogP contribution < -0.4 is 0 Å². The van der Waals surface area contributed by atoms with Crippen LogP contribution in [-0.4, -0.2) is 66.1 Å². The highest BCUT2D eigenvalue weighted by Gasteiger charge is 2.01. The third-order valence-corrected chi connectivity index (χ3v) is 5.01. The van der Waals surface area contributed by atoms with Crippen LogP contribution in [0.15, 0.2) is 36.8 Å². The molecule has 34 heavy (non-hydrogen) atoms. The maximum Gasteiger partial charge on any atom is 0.111 e. The Morgan fingerprint density at radius 2 is 0.971 bits per heavy atom. The minimum Gasteiger partial charge on any atom is -0.498 e. The van der Waals surface area contributed by atoms with E-state index in [4.69, 9.17) is 28.4 Å². The van der Waals surface area contributed by atoms with Gasteiger partial charge in [0.25, 0.3) is 0 Å². The standard InChI is InChI=1S/C28H46O6/c1-5-7-12-29-14-16-31-18-20-33-23-25(3)27-10-9-11-28(22-27)26(4)24-34-21-19-32-17-15-30-13-8-6-2/h9-11,22-24H,5-8,12-21H2,1-4H3. The highest BCUT2D eigenvalue weighted by Crippen LogP contribution is 2.20. The summed E-state index contributed by atoms with van der Waals surface area (Å²) in [6.45, 7) is 14.6. The molecule has 0 radical (unpaired) electrons. The summed E-state index contributed by atoms with van der Waals surface area (Å²) < 4.78 is 33.3. The van der Waals surface area contributed by atoms with Crippen molar-refractivity contribution in [3.05, 3.63) is 47.9 Å². The zero-order valence-electron chi connectivity index (χ0n) is 21.8. The number of hydrogen-bond acceptors (Lipinski definition) is 6. The topological polar surface area (TPSA) is 55.4 Å². The predicted octanol–water partition coefficient (Wildman–Crippen LogP) is 6.11. The molecule has 0 spiro atoms. The van der Waals surface area contributed by atoms with Gasteiger partial charge in [0.05, 0.1) is 52.2 Å². The third-order valence-electron chi connectivity index (χ3n) is 5.01. The Balaban J connectivity index is 2.25. The molecule has 0 aromatic heterocycles. The van der Waals surface area contributed by atoms with Crippen molar-refractivity contribution in [1.29, 1.82) is 0 Å². The largest absolute Gasteiger partial charge is 0.498 e. The molecular formula is C28H46O6. The van der Waals surface area contributed by atoms with Gasteiger partial charge in [-0.15, -0.1) is 0 Å². The zero-order chi connectivity index (χ0) is 24.7. The van der Waals surface area contributed by atoms with Crippen molar-refractivity contribution in [1.82, 2.24) is 0 Å². The maximum absolute atomic E-state index is 5.64. The smallest absolute Gasteiger partial charge is 0.111 e. The first-order valence-corrected chi connectivity index (χ1v) is 12.7. The Morgan fingerprint density at radius 3 is 1.38 bits per heavy atom. The van der Waals surface area contributed by atoms with Crippen LogP contribution in [0.3, 0.4) is 0 Å². The van der Waals surface area contributed by atoms with Gasteiger partial charge in [-0.05, 0) is 55.0 Å². The monoisotopic (exact) mass is 478 g/mol. The number of allylic oxidation sites excluding steroid dienone is 2. The van der Waals surface area contributed by atoms with E-state index in [1.807, 2.05) is 19.9 Å². The molecule has 1 rings (SSSR count). The maximum atomic E-state index is 5.64. The molecule has 0 saturated carbocycles. The van der Waals surface area contributed by atoms with Crippen LogP contribution in [0.1, 0.15) is 64.5 Å². The van der Waals surface area contributed by atoms with E-state index in [2.05, 4.69) is 32.0 Å². The van der Waals surface area contributed by atoms with E-state index in [0.29, 0.717) is 52.9 Å². The summed E-state index contributed by atoms with van der Waals surface area (Å²) in [5, 5.41) is 0. The van der Waals surface area contributed by atoms with Gasteiger partial charge in [-0.1, -0.05) is 44.9 Å². The van der Waals surface area contributed by atoms with Gasteiger partial charge in [-0.3, -0.25) is 0 Å². The number of ether oxygens (including phenoxy) is 6. The van der Waals surface area contributed by atoms with Gasteiger partial charge in [0.15, 0.2) is 0 Å². The Kier molecular flexibility index (Phi) is 19.2. The van der Waals surface area contributed by atoms with Gasteiger partial charge in [0.1, 0.15) is 13.2 Å². The van der Waals surface area contributed by atoms with Gasteiger partial charge in [0, 0.05) is 13.2 Å². The number of benzene rings is 1. The first-order chi connectivity index (χ1) is 16.7. The van der Waals surface area contributed by atoms with E-state index < -0.39 is 0 Å². The Labute approximate surface area is 207 Å². The highest BCUT2D eigenvalue weighted by atomic mass is 16.5. The van der Waals surface area contributed by atoms with Crippen LogP contribution in [0.5, 0.6) is 0 Å². The molecule has 6 heteroatoms. The van der Waals surface area contributed by atoms with Gasteiger partial charge in [-0.2, -0.15) is 0 Å². The molecule has 0 atom stereocenters. The number of rotatable bonds is 22. The van der Waals surface area contributed by atoms with Crippen LogP contribution >= 0.6 is 0 Å². The van der Waals surface area contributed by atoms with Crippen molar-refractivity contribution in [2.24, 2.45) is 0 Å². The van der Waals surface area contributed by atoms with Gasteiger partial charge in [0.2, 0.25) is 0 Å². The quantitative estimate of drug-likeness (QED) is 0.148. The van der Waals surface area contributed by atoms with Gasteiger partial charge < -0.3 is 28.4 Å². The van der Waals surface area contributed by atoms with Crippen molar-refractivity contribution >= 4 is 11.1 Å². The second kappa shape index (κ2) is 21.7. The first-order valence-electron chi connectivity index (χ1n) is 12.7. The molecule has 0 aliphatic carbocycles. The molecule has 0 aliphatic rings. The van der Waals surface area contributed by atoms with Crippen molar-refractivity contribution in [3.8, 4) is 0 Å². The lowest BCUT2D eigenvalue weighted by Crippen LogP contribution is -2.08. The van der Waals surface area contributed by atoms with E-state index in [-0.39, 0.29) is 0 Å². The Hall–Kier alpha value is -1.86. The summed E-state index contributed by atoms with van der Waals surface area (Å²) in [6, 6.07) is 8.34. The molecule has 6 nitrogen and oxygen atoms in total. The van der Waals surface area contributed by atoms with Crippen LogP contribution in [0.25, 0.3) is 11.1 Å². The molecule has 0 saturated heterocycles. The summed E-state index contributed by atoms with van der Waals surface area (Å²) in [4.78, 5) is 0. The molecule has 1 aromatic rings. The lowest BCUT2D eigenvalue weighted by atomic mass is 10.0. The minimum atomic E-state index is 0.520. The van der Waals surface area contributed by atoms with E-state index in [9.17, 15) is 0 Å². The van der Waals surface area contributed by atoms with Crippen molar-refractivity contribution in [3.63, 3.8) is 0 Å². The van der Waals surface area contributed by atoms with E-state index in [0.717, 1.165) is 61.2 Å². The molecule has 0 unspecified atom stereocenters. The molecular weight excluding hydrogens is 432 g/mol. The van der Waals surface area contributed by atoms with Crippen LogP contribution in [0.2, 0.25) is 0 Å². The van der Waals surface area contributed by atoms with Gasteiger partial charge in [-0.25, -0.2) is 0 Å². The van der Waals surface area contributed by atoms with Crippen LogP contribution in [0, 0.1) is 0 Å². The first kappa shape index (κ1) is 30.2. The molecule has 0 amide bonds. The van der Waals surface area contributed by atoms with E-state index in [1.54, 1.807) is 12.5 Å². The SMILES string of the molecule is CCCCOCCOCCOC=C(C)c1cccc(C(C)=COCCOCCOCCCC)c1. The number of unbranched alkanes of at least 4 members (excludes halogenated alkanes) is 2. The molecule has 0 bridgehead atoms. The van der Waals surface area contributed by atoms with Crippen molar-refractivity contribution in [2.45, 2.75) is 53.4 Å². The molecule has 194 valence electrons. The zero-order valence-corrected chi connectivity index (χ0v) is 21.8. The fourth-order valence-corrected chi connectivity index (χ4v) is 2.86. The third kappa shape index (κ3) is 15.9. The van der Waals surface area contributed by atoms with E-state index >= 15 is 0 Å². The highest BCUT2D eigenvalue weighted by molar-refractivity contribution is 5.70. The summed E-state index contributed by atoms with van der Waals surface area (Å²) in [5.41, 5.74) is 4.35. The van der Waals surface area contributed by atoms with Crippen molar-refractivity contribution < 1.29 is 28.4 Å². The summed E-state index contributed by atoms with van der Waals surface area (Å²) in [7, 11) is 0. The average molecular weight is 479 g/mol. The fourth-order valence-electron chi connectivity index (χ4n) is 2.86. The average Bonchev–Trinajstić information content (AvgIpc) is 2.86. The molecule has 1 aromatic carbocycles. The van der Waals surface area contributed by atoms with E-state index in [1.165, 1.54) is 0 Å². The molecule has 0 N–H and O–H groups in total. The summed E-state index contributed by atoms with van der Waals surface area (Å²) >= 11 is 0. The normalized spacial score (nSPS) is 12.2. The summed E-state index contributed by atoms with van der Waals surface area (Å²) in [5.74, 6) is 0. The predicted molar refractivity (Wildman–Crippen MR) is 139 cm³/mol. The fraction of sp³-hybridized carbons (Fsp3) is 0.643. The lowest BCUT2D eigenvalue weighted by molar-refractivity contribution is 0.0300. The summed E-state index contributed by atoms with van der Waals surface area (Å²) in [6.07, 6.45) is 8.08. The second-order valence-corrected chi connectivity index (χ2v) is 8.08.